The van der Waals surface area contributed by atoms with Crippen LogP contribution in [-0.4, -0.2) is 20.0 Å². The van der Waals surface area contributed by atoms with Gasteiger partial charge in [-0.1, -0.05) is 28.1 Å². The molecule has 1 aliphatic heterocycles. The second kappa shape index (κ2) is 8.84. The molecule has 4 aromatic rings. The van der Waals surface area contributed by atoms with Crippen molar-refractivity contribution in [3.05, 3.63) is 106 Å². The first-order valence-corrected chi connectivity index (χ1v) is 11.5. The maximum atomic E-state index is 6.43. The molecule has 1 aromatic carbocycles. The summed E-state index contributed by atoms with van der Waals surface area (Å²) >= 11 is 9.42. The number of pyridine rings is 2. The Kier molecular flexibility index (Phi) is 5.76. The fraction of sp³-hybridized carbons (Fsp3) is 0.160. The number of rotatable bonds is 5. The standard InChI is InChI=1S/C25H21BrN4OS/c1-16-5-6-18(19(26)14-16)21-7-8-22(31-21)24-23(20-4-2-3-11-28-20)29-25(32)30(24)15-17-9-12-27-13-10-17/h2-14,23-24H,15H2,1H3,(H,29,32). The van der Waals surface area contributed by atoms with Gasteiger partial charge in [0.2, 0.25) is 0 Å². The fourth-order valence-corrected chi connectivity index (χ4v) is 5.04. The molecule has 0 bridgehead atoms. The lowest BCUT2D eigenvalue weighted by atomic mass is 10.0. The molecule has 2 unspecified atom stereocenters. The van der Waals surface area contributed by atoms with E-state index in [1.54, 1.807) is 18.6 Å². The van der Waals surface area contributed by atoms with Crippen LogP contribution in [-0.2, 0) is 6.54 Å². The van der Waals surface area contributed by atoms with Crippen molar-refractivity contribution in [2.45, 2.75) is 25.6 Å². The zero-order chi connectivity index (χ0) is 22.1. The monoisotopic (exact) mass is 504 g/mol. The average molecular weight is 505 g/mol. The van der Waals surface area contributed by atoms with Crippen molar-refractivity contribution >= 4 is 33.3 Å². The van der Waals surface area contributed by atoms with Gasteiger partial charge in [-0.2, -0.15) is 0 Å². The highest BCUT2D eigenvalue weighted by Gasteiger charge is 2.41. The van der Waals surface area contributed by atoms with E-state index in [9.17, 15) is 0 Å². The lowest BCUT2D eigenvalue weighted by molar-refractivity contribution is 0.269. The van der Waals surface area contributed by atoms with E-state index in [1.165, 1.54) is 5.56 Å². The number of thiocarbonyl (C=S) groups is 1. The van der Waals surface area contributed by atoms with Gasteiger partial charge in [-0.3, -0.25) is 9.97 Å². The summed E-state index contributed by atoms with van der Waals surface area (Å²) in [5.74, 6) is 1.65. The third-order valence-corrected chi connectivity index (χ3v) is 6.62. The quantitative estimate of drug-likeness (QED) is 0.337. The van der Waals surface area contributed by atoms with E-state index in [1.807, 2.05) is 42.5 Å². The Bertz CT molecular complexity index is 1250. The van der Waals surface area contributed by atoms with E-state index >= 15 is 0 Å². The largest absolute Gasteiger partial charge is 0.459 e. The Labute approximate surface area is 200 Å². The molecule has 0 amide bonds. The number of halogens is 1. The van der Waals surface area contributed by atoms with Crippen LogP contribution in [0.4, 0.5) is 0 Å². The molecule has 5 rings (SSSR count). The average Bonchev–Trinajstić information content (AvgIpc) is 3.40. The van der Waals surface area contributed by atoms with Crippen LogP contribution in [0, 0.1) is 6.92 Å². The van der Waals surface area contributed by atoms with Crippen LogP contribution in [0.5, 0.6) is 0 Å². The first-order chi connectivity index (χ1) is 15.6. The van der Waals surface area contributed by atoms with Crippen LogP contribution in [0.2, 0.25) is 0 Å². The van der Waals surface area contributed by atoms with Crippen LogP contribution in [0.1, 0.15) is 34.7 Å². The summed E-state index contributed by atoms with van der Waals surface area (Å²) in [6, 6.07) is 20.0. The van der Waals surface area contributed by atoms with Crippen molar-refractivity contribution in [1.82, 2.24) is 20.2 Å². The van der Waals surface area contributed by atoms with Gasteiger partial charge in [-0.05, 0) is 78.8 Å². The van der Waals surface area contributed by atoms with E-state index in [4.69, 9.17) is 16.6 Å². The minimum atomic E-state index is -0.136. The van der Waals surface area contributed by atoms with Crippen molar-refractivity contribution in [1.29, 1.82) is 0 Å². The fourth-order valence-electron chi connectivity index (χ4n) is 4.05. The third-order valence-electron chi connectivity index (χ3n) is 5.61. The maximum absolute atomic E-state index is 6.43. The predicted molar refractivity (Wildman–Crippen MR) is 132 cm³/mol. The summed E-state index contributed by atoms with van der Waals surface area (Å²) in [6.07, 6.45) is 5.40. The van der Waals surface area contributed by atoms with E-state index in [-0.39, 0.29) is 12.1 Å². The lowest BCUT2D eigenvalue weighted by Crippen LogP contribution is -2.29. The summed E-state index contributed by atoms with van der Waals surface area (Å²) < 4.78 is 7.44. The molecule has 0 saturated carbocycles. The summed E-state index contributed by atoms with van der Waals surface area (Å²) in [4.78, 5) is 10.9. The molecule has 2 atom stereocenters. The summed E-state index contributed by atoms with van der Waals surface area (Å²) in [5.41, 5.74) is 4.26. The normalized spacial score (nSPS) is 18.1. The minimum absolute atomic E-state index is 0.119. The van der Waals surface area contributed by atoms with Gasteiger partial charge in [0.15, 0.2) is 5.11 Å². The van der Waals surface area contributed by atoms with Crippen LogP contribution in [0.25, 0.3) is 11.3 Å². The molecule has 32 heavy (non-hydrogen) atoms. The summed E-state index contributed by atoms with van der Waals surface area (Å²) in [5, 5.41) is 4.14. The number of hydrogen-bond acceptors (Lipinski definition) is 4. The van der Waals surface area contributed by atoms with Gasteiger partial charge in [0.05, 0.1) is 11.7 Å². The molecule has 4 heterocycles. The van der Waals surface area contributed by atoms with Gasteiger partial charge in [0.1, 0.15) is 17.6 Å². The Balaban J connectivity index is 1.55. The second-order valence-corrected chi connectivity index (χ2v) is 9.04. The molecule has 0 aliphatic carbocycles. The van der Waals surface area contributed by atoms with Gasteiger partial charge in [0.25, 0.3) is 0 Å². The molecule has 160 valence electrons. The number of furan rings is 1. The molecule has 5 nitrogen and oxygen atoms in total. The molecule has 7 heteroatoms. The number of aromatic nitrogens is 2. The van der Waals surface area contributed by atoms with Gasteiger partial charge >= 0.3 is 0 Å². The topological polar surface area (TPSA) is 54.2 Å². The van der Waals surface area contributed by atoms with Crippen molar-refractivity contribution in [3.8, 4) is 11.3 Å². The number of benzene rings is 1. The third kappa shape index (κ3) is 4.06. The van der Waals surface area contributed by atoms with E-state index in [0.29, 0.717) is 11.7 Å². The maximum Gasteiger partial charge on any atom is 0.170 e. The highest BCUT2D eigenvalue weighted by Crippen LogP contribution is 2.42. The molecule has 1 N–H and O–H groups in total. The van der Waals surface area contributed by atoms with Crippen molar-refractivity contribution in [2.75, 3.05) is 0 Å². The molecule has 0 spiro atoms. The van der Waals surface area contributed by atoms with Crippen LogP contribution < -0.4 is 5.32 Å². The zero-order valence-corrected chi connectivity index (χ0v) is 19.8. The lowest BCUT2D eigenvalue weighted by Gasteiger charge is -2.26. The molecule has 3 aromatic heterocycles. The number of hydrogen-bond donors (Lipinski definition) is 1. The number of aryl methyl sites for hydroxylation is 1. The first-order valence-electron chi connectivity index (χ1n) is 10.3. The molecule has 1 aliphatic rings. The Hall–Kier alpha value is -3.03. The second-order valence-electron chi connectivity index (χ2n) is 7.80. The zero-order valence-electron chi connectivity index (χ0n) is 17.4. The Morgan fingerprint density at radius 1 is 1.06 bits per heavy atom. The minimum Gasteiger partial charge on any atom is -0.459 e. The number of nitrogens with zero attached hydrogens (tertiary/aromatic N) is 3. The van der Waals surface area contributed by atoms with Gasteiger partial charge in [-0.25, -0.2) is 0 Å². The smallest absolute Gasteiger partial charge is 0.170 e. The Morgan fingerprint density at radius 3 is 2.66 bits per heavy atom. The van der Waals surface area contributed by atoms with Crippen molar-refractivity contribution < 1.29 is 4.42 Å². The summed E-state index contributed by atoms with van der Waals surface area (Å²) in [6.45, 7) is 2.72. The van der Waals surface area contributed by atoms with Crippen LogP contribution >= 0.6 is 28.1 Å². The molecule has 0 radical (unpaired) electrons. The number of nitrogens with one attached hydrogen (secondary N) is 1. The predicted octanol–water partition coefficient (Wildman–Crippen LogP) is 5.98. The first kappa shape index (κ1) is 20.8. The van der Waals surface area contributed by atoms with Crippen LogP contribution in [0.3, 0.4) is 0 Å². The molecule has 1 saturated heterocycles. The van der Waals surface area contributed by atoms with E-state index < -0.39 is 0 Å². The molecular weight excluding hydrogens is 484 g/mol. The molecular formula is C25H21BrN4OS. The van der Waals surface area contributed by atoms with E-state index in [0.717, 1.165) is 32.8 Å². The van der Waals surface area contributed by atoms with Crippen LogP contribution in [0.15, 0.2) is 88.1 Å². The van der Waals surface area contributed by atoms with Crippen molar-refractivity contribution in [2.24, 2.45) is 0 Å². The van der Waals surface area contributed by atoms with Gasteiger partial charge < -0.3 is 14.6 Å². The van der Waals surface area contributed by atoms with E-state index in [2.05, 4.69) is 61.2 Å². The SMILES string of the molecule is Cc1ccc(-c2ccc(C3C(c4ccccn4)NC(=S)N3Cc3ccncc3)o2)c(Br)c1. The summed E-state index contributed by atoms with van der Waals surface area (Å²) in [7, 11) is 0. The van der Waals surface area contributed by atoms with Gasteiger partial charge in [-0.15, -0.1) is 0 Å². The highest BCUT2D eigenvalue weighted by molar-refractivity contribution is 9.10. The Morgan fingerprint density at radius 2 is 1.91 bits per heavy atom. The van der Waals surface area contributed by atoms with Gasteiger partial charge in [0, 0.05) is 35.2 Å². The molecule has 1 fully saturated rings. The van der Waals surface area contributed by atoms with Crippen molar-refractivity contribution in [3.63, 3.8) is 0 Å². The highest BCUT2D eigenvalue weighted by atomic mass is 79.9.